The van der Waals surface area contributed by atoms with Crippen LogP contribution in [-0.2, 0) is 16.0 Å². The number of hydrogen-bond donors (Lipinski definition) is 0. The molecule has 0 aliphatic rings. The Labute approximate surface area is 120 Å². The van der Waals surface area contributed by atoms with Gasteiger partial charge in [0.2, 0.25) is 5.91 Å². The van der Waals surface area contributed by atoms with Gasteiger partial charge in [0.1, 0.15) is 5.72 Å². The molecule has 0 aliphatic carbocycles. The van der Waals surface area contributed by atoms with Crippen molar-refractivity contribution in [3.63, 3.8) is 0 Å². The van der Waals surface area contributed by atoms with Crippen LogP contribution in [0.5, 0.6) is 0 Å². The molecule has 1 aromatic carbocycles. The van der Waals surface area contributed by atoms with Crippen LogP contribution in [-0.4, -0.2) is 18.7 Å². The van der Waals surface area contributed by atoms with E-state index in [1.807, 2.05) is 32.9 Å². The Bertz CT molecular complexity index is 455. The van der Waals surface area contributed by atoms with E-state index in [-0.39, 0.29) is 5.91 Å². The van der Waals surface area contributed by atoms with Crippen LogP contribution in [0.4, 0.5) is 5.69 Å². The minimum Gasteiger partial charge on any atom is -0.359 e. The van der Waals surface area contributed by atoms with E-state index in [1.54, 1.807) is 18.1 Å². The van der Waals surface area contributed by atoms with Gasteiger partial charge in [-0.2, -0.15) is 0 Å². The first-order chi connectivity index (χ1) is 8.91. The predicted octanol–water partition coefficient (Wildman–Crippen LogP) is 4.03. The monoisotopic (exact) mass is 283 g/mol. The number of carbonyl (C=O) groups is 1. The number of amides is 1. The van der Waals surface area contributed by atoms with Gasteiger partial charge in [0.25, 0.3) is 0 Å². The smallest absolute Gasteiger partial charge is 0.226 e. The number of ether oxygens (including phenoxy) is 1. The number of methoxy groups -OCH3 is 1. The van der Waals surface area contributed by atoms with Gasteiger partial charge in [-0.3, -0.25) is 9.69 Å². The van der Waals surface area contributed by atoms with Gasteiger partial charge in [0.15, 0.2) is 0 Å². The first-order valence-electron chi connectivity index (χ1n) is 6.54. The Hall–Kier alpha value is -1.06. The Morgan fingerprint density at radius 3 is 2.47 bits per heavy atom. The maximum absolute atomic E-state index is 12.1. The van der Waals surface area contributed by atoms with Crippen molar-refractivity contribution in [1.82, 2.24) is 0 Å². The fourth-order valence-electron chi connectivity index (χ4n) is 2.22. The number of benzene rings is 1. The van der Waals surface area contributed by atoms with Crippen molar-refractivity contribution in [3.05, 3.63) is 28.8 Å². The average Bonchev–Trinajstić information content (AvgIpc) is 2.40. The molecule has 0 aromatic heterocycles. The van der Waals surface area contributed by atoms with Gasteiger partial charge in [-0.15, -0.1) is 0 Å². The molecule has 1 amide bonds. The number of carbonyl (C=O) groups excluding carboxylic acids is 1. The van der Waals surface area contributed by atoms with Crippen LogP contribution in [0, 0.1) is 0 Å². The van der Waals surface area contributed by atoms with Crippen LogP contribution in [0.15, 0.2) is 18.2 Å². The lowest BCUT2D eigenvalue weighted by atomic mass is 10.0. The first kappa shape index (κ1) is 16.0. The van der Waals surface area contributed by atoms with Gasteiger partial charge in [-0.05, 0) is 31.4 Å². The zero-order valence-corrected chi connectivity index (χ0v) is 13.0. The summed E-state index contributed by atoms with van der Waals surface area (Å²) in [5.74, 6) is -0.0750. The largest absolute Gasteiger partial charge is 0.359 e. The Morgan fingerprint density at radius 2 is 2.05 bits per heavy atom. The zero-order valence-electron chi connectivity index (χ0n) is 12.3. The van der Waals surface area contributed by atoms with Crippen LogP contribution in [0.1, 0.15) is 39.7 Å². The highest BCUT2D eigenvalue weighted by Gasteiger charge is 2.35. The molecule has 1 aromatic rings. The van der Waals surface area contributed by atoms with Crippen LogP contribution >= 0.6 is 11.6 Å². The van der Waals surface area contributed by atoms with Crippen molar-refractivity contribution in [2.45, 2.75) is 46.3 Å². The number of nitrogens with zero attached hydrogens (tertiary/aromatic N) is 1. The lowest BCUT2D eigenvalue weighted by Gasteiger charge is -2.40. The van der Waals surface area contributed by atoms with Gasteiger partial charge in [-0.1, -0.05) is 37.6 Å². The van der Waals surface area contributed by atoms with Crippen molar-refractivity contribution >= 4 is 23.2 Å². The summed E-state index contributed by atoms with van der Waals surface area (Å²) < 4.78 is 5.57. The van der Waals surface area contributed by atoms with E-state index < -0.39 is 5.72 Å². The van der Waals surface area contributed by atoms with E-state index in [0.717, 1.165) is 17.7 Å². The lowest BCUT2D eigenvalue weighted by molar-refractivity contribution is -0.122. The van der Waals surface area contributed by atoms with Crippen molar-refractivity contribution in [3.8, 4) is 0 Å². The number of para-hydroxylation sites is 1. The molecule has 0 aliphatic heterocycles. The summed E-state index contributed by atoms with van der Waals surface area (Å²) in [6.45, 7) is 7.47. The maximum Gasteiger partial charge on any atom is 0.226 e. The molecular formula is C15H22ClNO2. The number of anilines is 1. The molecular weight excluding hydrogens is 262 g/mol. The van der Waals surface area contributed by atoms with E-state index in [9.17, 15) is 4.79 Å². The minimum atomic E-state index is -0.694. The summed E-state index contributed by atoms with van der Waals surface area (Å²) in [5, 5.41) is 0.575. The van der Waals surface area contributed by atoms with Gasteiger partial charge < -0.3 is 4.74 Å². The standard InChI is InChI=1S/C15H22ClNO2/c1-6-12-9-8-10-13(16)14(12)17(11(3)18)15(4,7-2)19-5/h8-10H,6-7H2,1-5H3. The van der Waals surface area contributed by atoms with Gasteiger partial charge in [-0.25, -0.2) is 0 Å². The van der Waals surface area contributed by atoms with Gasteiger partial charge in [0.05, 0.1) is 10.7 Å². The zero-order chi connectivity index (χ0) is 14.6. The third-order valence-corrected chi connectivity index (χ3v) is 3.86. The molecule has 106 valence electrons. The molecule has 4 heteroatoms. The Kier molecular flexibility index (Phi) is 5.39. The molecule has 19 heavy (non-hydrogen) atoms. The molecule has 0 N–H and O–H groups in total. The second-order valence-corrected chi connectivity index (χ2v) is 5.10. The van der Waals surface area contributed by atoms with E-state index in [1.165, 1.54) is 6.92 Å². The summed E-state index contributed by atoms with van der Waals surface area (Å²) >= 11 is 6.32. The summed E-state index contributed by atoms with van der Waals surface area (Å²) in [5.41, 5.74) is 1.10. The summed E-state index contributed by atoms with van der Waals surface area (Å²) in [6, 6.07) is 5.69. The lowest BCUT2D eigenvalue weighted by Crippen LogP contribution is -2.51. The number of halogens is 1. The predicted molar refractivity (Wildman–Crippen MR) is 79.7 cm³/mol. The topological polar surface area (TPSA) is 29.5 Å². The van der Waals surface area contributed by atoms with Crippen LogP contribution in [0.2, 0.25) is 5.02 Å². The van der Waals surface area contributed by atoms with E-state index in [0.29, 0.717) is 11.4 Å². The highest BCUT2D eigenvalue weighted by molar-refractivity contribution is 6.34. The fraction of sp³-hybridized carbons (Fsp3) is 0.533. The molecule has 1 rings (SSSR count). The molecule has 0 fully saturated rings. The van der Waals surface area contributed by atoms with Crippen molar-refractivity contribution < 1.29 is 9.53 Å². The molecule has 3 nitrogen and oxygen atoms in total. The van der Waals surface area contributed by atoms with E-state index in [2.05, 4.69) is 0 Å². The quantitative estimate of drug-likeness (QED) is 0.764. The highest BCUT2D eigenvalue weighted by Crippen LogP contribution is 2.36. The van der Waals surface area contributed by atoms with Crippen LogP contribution in [0.3, 0.4) is 0 Å². The average molecular weight is 284 g/mol. The molecule has 0 bridgehead atoms. The van der Waals surface area contributed by atoms with Crippen LogP contribution in [0.25, 0.3) is 0 Å². The molecule has 0 saturated heterocycles. The van der Waals surface area contributed by atoms with E-state index >= 15 is 0 Å². The van der Waals surface area contributed by atoms with Gasteiger partial charge in [0, 0.05) is 14.0 Å². The molecule has 1 atom stereocenters. The molecule has 0 spiro atoms. The minimum absolute atomic E-state index is 0.0750. The van der Waals surface area contributed by atoms with Crippen LogP contribution < -0.4 is 4.90 Å². The normalized spacial score (nSPS) is 14.0. The molecule has 1 unspecified atom stereocenters. The third kappa shape index (κ3) is 3.10. The first-order valence-corrected chi connectivity index (χ1v) is 6.92. The summed E-state index contributed by atoms with van der Waals surface area (Å²) in [4.78, 5) is 13.8. The number of rotatable bonds is 5. The van der Waals surface area contributed by atoms with E-state index in [4.69, 9.17) is 16.3 Å². The summed E-state index contributed by atoms with van der Waals surface area (Å²) in [6.07, 6.45) is 1.49. The number of aryl methyl sites for hydroxylation is 1. The Balaban J connectivity index is 3.48. The molecule has 0 heterocycles. The van der Waals surface area contributed by atoms with Crippen molar-refractivity contribution in [1.29, 1.82) is 0 Å². The van der Waals surface area contributed by atoms with Crippen molar-refractivity contribution in [2.75, 3.05) is 12.0 Å². The SMILES string of the molecule is CCc1cccc(Cl)c1N(C(C)=O)C(C)(CC)OC. The summed E-state index contributed by atoms with van der Waals surface area (Å²) in [7, 11) is 1.61. The molecule has 0 radical (unpaired) electrons. The third-order valence-electron chi connectivity index (χ3n) is 3.56. The maximum atomic E-state index is 12.1. The Morgan fingerprint density at radius 1 is 1.42 bits per heavy atom. The second kappa shape index (κ2) is 6.40. The molecule has 0 saturated carbocycles. The number of hydrogen-bond acceptors (Lipinski definition) is 2. The highest BCUT2D eigenvalue weighted by atomic mass is 35.5. The second-order valence-electron chi connectivity index (χ2n) is 4.69. The van der Waals surface area contributed by atoms with Crippen molar-refractivity contribution in [2.24, 2.45) is 0 Å². The fourth-order valence-corrected chi connectivity index (χ4v) is 2.50. The van der Waals surface area contributed by atoms with Gasteiger partial charge >= 0.3 is 0 Å².